The number of nitrogens with two attached hydrogens (primary N) is 1. The Hall–Kier alpha value is -1.56. The van der Waals surface area contributed by atoms with Crippen molar-refractivity contribution in [2.75, 3.05) is 12.3 Å². The van der Waals surface area contributed by atoms with Crippen molar-refractivity contribution >= 4 is 33.5 Å². The van der Waals surface area contributed by atoms with Crippen molar-refractivity contribution in [3.63, 3.8) is 0 Å². The lowest BCUT2D eigenvalue weighted by Gasteiger charge is -2.41. The molecule has 0 spiro atoms. The van der Waals surface area contributed by atoms with Crippen LogP contribution in [0.4, 0.5) is 5.69 Å². The highest BCUT2D eigenvalue weighted by molar-refractivity contribution is 9.10. The Morgan fingerprint density at radius 2 is 2.05 bits per heavy atom. The zero-order valence-corrected chi connectivity index (χ0v) is 12.8. The molecule has 1 aromatic carbocycles. The van der Waals surface area contributed by atoms with Gasteiger partial charge < -0.3 is 15.7 Å². The first kappa shape index (κ1) is 14.8. The first-order valence-electron chi connectivity index (χ1n) is 6.46. The molecule has 1 aromatic rings. The van der Waals surface area contributed by atoms with Gasteiger partial charge in [0.05, 0.1) is 0 Å². The van der Waals surface area contributed by atoms with E-state index < -0.39 is 11.5 Å². The van der Waals surface area contributed by atoms with E-state index in [1.165, 1.54) is 4.90 Å². The molecule has 0 saturated carbocycles. The number of rotatable bonds is 2. The summed E-state index contributed by atoms with van der Waals surface area (Å²) in [6.07, 6.45) is 2.10. The highest BCUT2D eigenvalue weighted by Gasteiger charge is 2.44. The van der Waals surface area contributed by atoms with E-state index >= 15 is 0 Å². The topological polar surface area (TPSA) is 83.6 Å². The fourth-order valence-electron chi connectivity index (χ4n) is 2.56. The molecule has 20 heavy (non-hydrogen) atoms. The van der Waals surface area contributed by atoms with Crippen LogP contribution in [0.3, 0.4) is 0 Å². The third-order valence-corrected chi connectivity index (χ3v) is 4.22. The molecule has 1 unspecified atom stereocenters. The molecule has 3 N–H and O–H groups in total. The van der Waals surface area contributed by atoms with Gasteiger partial charge in [0, 0.05) is 22.3 Å². The SMILES string of the molecule is CC1(C(=O)O)CCCCN1C(=O)c1cc(N)cc(Br)c1. The van der Waals surface area contributed by atoms with Crippen LogP contribution in [-0.4, -0.2) is 34.0 Å². The van der Waals surface area contributed by atoms with E-state index in [9.17, 15) is 14.7 Å². The summed E-state index contributed by atoms with van der Waals surface area (Å²) in [5, 5.41) is 9.45. The molecule has 5 nitrogen and oxygen atoms in total. The normalized spacial score (nSPS) is 22.6. The van der Waals surface area contributed by atoms with Gasteiger partial charge in [0.2, 0.25) is 0 Å². The van der Waals surface area contributed by atoms with Crippen LogP contribution >= 0.6 is 15.9 Å². The Balaban J connectivity index is 2.37. The molecule has 1 aliphatic heterocycles. The second-order valence-corrected chi connectivity index (χ2v) is 6.18. The molecule has 1 saturated heterocycles. The van der Waals surface area contributed by atoms with Crippen LogP contribution in [0, 0.1) is 0 Å². The van der Waals surface area contributed by atoms with Gasteiger partial charge in [-0.1, -0.05) is 15.9 Å². The predicted octanol–water partition coefficient (Wildman–Crippen LogP) is 2.50. The molecule has 0 aromatic heterocycles. The number of amides is 1. The fourth-order valence-corrected chi connectivity index (χ4v) is 3.07. The standard InChI is InChI=1S/C14H17BrN2O3/c1-14(13(19)20)4-2-3-5-17(14)12(18)9-6-10(15)8-11(16)7-9/h6-8H,2-5,16H2,1H3,(H,19,20). The number of nitrogens with zero attached hydrogens (tertiary/aromatic N) is 1. The van der Waals surface area contributed by atoms with E-state index in [1.54, 1.807) is 25.1 Å². The zero-order chi connectivity index (χ0) is 14.9. The van der Waals surface area contributed by atoms with E-state index in [4.69, 9.17) is 5.73 Å². The first-order chi connectivity index (χ1) is 9.34. The van der Waals surface area contributed by atoms with E-state index in [0.29, 0.717) is 28.7 Å². The molecule has 0 bridgehead atoms. The zero-order valence-electron chi connectivity index (χ0n) is 11.2. The molecule has 1 fully saturated rings. The lowest BCUT2D eigenvalue weighted by Crippen LogP contribution is -2.57. The van der Waals surface area contributed by atoms with Crippen molar-refractivity contribution in [3.8, 4) is 0 Å². The van der Waals surface area contributed by atoms with Gasteiger partial charge in [-0.2, -0.15) is 0 Å². The van der Waals surface area contributed by atoms with Crippen LogP contribution in [0.2, 0.25) is 0 Å². The molecule has 0 radical (unpaired) electrons. The summed E-state index contributed by atoms with van der Waals surface area (Å²) < 4.78 is 0.704. The number of carboxylic acid groups (broad SMARTS) is 1. The summed E-state index contributed by atoms with van der Waals surface area (Å²) in [5.74, 6) is -1.25. The lowest BCUT2D eigenvalue weighted by atomic mass is 9.88. The third-order valence-electron chi connectivity index (χ3n) is 3.76. The minimum absolute atomic E-state index is 0.289. The number of hydrogen-bond acceptors (Lipinski definition) is 3. The van der Waals surface area contributed by atoms with Crippen LogP contribution in [0.1, 0.15) is 36.5 Å². The van der Waals surface area contributed by atoms with Crippen LogP contribution < -0.4 is 5.73 Å². The van der Waals surface area contributed by atoms with Crippen molar-refractivity contribution in [1.29, 1.82) is 0 Å². The number of carbonyl (C=O) groups is 2. The maximum absolute atomic E-state index is 12.6. The molecule has 1 atom stereocenters. The van der Waals surface area contributed by atoms with Gasteiger partial charge in [-0.25, -0.2) is 4.79 Å². The van der Waals surface area contributed by atoms with Gasteiger partial charge in [0.25, 0.3) is 5.91 Å². The van der Waals surface area contributed by atoms with Crippen molar-refractivity contribution in [2.24, 2.45) is 0 Å². The Morgan fingerprint density at radius 3 is 2.65 bits per heavy atom. The third kappa shape index (κ3) is 2.65. The average Bonchev–Trinajstić information content (AvgIpc) is 2.37. The quantitative estimate of drug-likeness (QED) is 0.810. The highest BCUT2D eigenvalue weighted by Crippen LogP contribution is 2.30. The molecule has 0 aliphatic carbocycles. The van der Waals surface area contributed by atoms with Gasteiger partial charge in [-0.3, -0.25) is 4.79 Å². The maximum atomic E-state index is 12.6. The van der Waals surface area contributed by atoms with Crippen molar-refractivity contribution < 1.29 is 14.7 Å². The molecule has 1 heterocycles. The molecule has 1 aliphatic rings. The molecule has 1 amide bonds. The number of halogens is 1. The number of piperidine rings is 1. The lowest BCUT2D eigenvalue weighted by molar-refractivity contribution is -0.150. The number of benzene rings is 1. The van der Waals surface area contributed by atoms with Gasteiger partial charge >= 0.3 is 5.97 Å². The molecular weight excluding hydrogens is 324 g/mol. The molecule has 2 rings (SSSR count). The van der Waals surface area contributed by atoms with Crippen molar-refractivity contribution in [2.45, 2.75) is 31.7 Å². The summed E-state index contributed by atoms with van der Waals surface area (Å²) in [4.78, 5) is 25.6. The number of carbonyl (C=O) groups excluding carboxylic acids is 1. The number of carboxylic acids is 1. The molecule has 108 valence electrons. The number of likely N-dealkylation sites (tertiary alicyclic amines) is 1. The molecular formula is C14H17BrN2O3. The molecule has 6 heteroatoms. The number of anilines is 1. The fraction of sp³-hybridized carbons (Fsp3) is 0.429. The maximum Gasteiger partial charge on any atom is 0.329 e. The summed E-state index contributed by atoms with van der Waals surface area (Å²) >= 11 is 3.30. The second kappa shape index (κ2) is 5.44. The van der Waals surface area contributed by atoms with E-state index in [-0.39, 0.29) is 5.91 Å². The minimum atomic E-state index is -1.15. The highest BCUT2D eigenvalue weighted by atomic mass is 79.9. The Kier molecular flexibility index (Phi) is 4.04. The van der Waals surface area contributed by atoms with Crippen LogP contribution in [0.25, 0.3) is 0 Å². The predicted molar refractivity (Wildman–Crippen MR) is 79.5 cm³/mol. The van der Waals surface area contributed by atoms with Crippen LogP contribution in [0.15, 0.2) is 22.7 Å². The van der Waals surface area contributed by atoms with E-state index in [0.717, 1.165) is 12.8 Å². The Labute approximate surface area is 125 Å². The summed E-state index contributed by atoms with van der Waals surface area (Å²) in [5.41, 5.74) is 5.47. The van der Waals surface area contributed by atoms with Gasteiger partial charge in [0.1, 0.15) is 5.54 Å². The monoisotopic (exact) mass is 340 g/mol. The number of hydrogen-bond donors (Lipinski definition) is 2. The van der Waals surface area contributed by atoms with Crippen molar-refractivity contribution in [3.05, 3.63) is 28.2 Å². The summed E-state index contributed by atoms with van der Waals surface area (Å²) in [6, 6.07) is 4.93. The summed E-state index contributed by atoms with van der Waals surface area (Å²) in [6.45, 7) is 2.06. The van der Waals surface area contributed by atoms with Gasteiger partial charge in [0.15, 0.2) is 0 Å². The second-order valence-electron chi connectivity index (χ2n) is 5.27. The minimum Gasteiger partial charge on any atom is -0.480 e. The number of nitrogen functional groups attached to an aromatic ring is 1. The van der Waals surface area contributed by atoms with E-state index in [2.05, 4.69) is 15.9 Å². The number of aliphatic carboxylic acids is 1. The average molecular weight is 341 g/mol. The smallest absolute Gasteiger partial charge is 0.329 e. The van der Waals surface area contributed by atoms with Crippen LogP contribution in [0.5, 0.6) is 0 Å². The van der Waals surface area contributed by atoms with E-state index in [1.807, 2.05) is 0 Å². The van der Waals surface area contributed by atoms with Crippen LogP contribution in [-0.2, 0) is 4.79 Å². The largest absolute Gasteiger partial charge is 0.480 e. The van der Waals surface area contributed by atoms with Gasteiger partial charge in [-0.15, -0.1) is 0 Å². The Bertz CT molecular complexity index is 541. The Morgan fingerprint density at radius 1 is 1.35 bits per heavy atom. The first-order valence-corrected chi connectivity index (χ1v) is 7.25. The van der Waals surface area contributed by atoms with Gasteiger partial charge in [-0.05, 0) is 44.4 Å². The summed E-state index contributed by atoms with van der Waals surface area (Å²) in [7, 11) is 0. The van der Waals surface area contributed by atoms with Crippen molar-refractivity contribution in [1.82, 2.24) is 4.90 Å².